The number of aromatic amines is 1. The van der Waals surface area contributed by atoms with Crippen LogP contribution >= 0.6 is 23.1 Å². The minimum atomic E-state index is -0.0934. The van der Waals surface area contributed by atoms with Crippen molar-refractivity contribution in [2.24, 2.45) is 0 Å². The summed E-state index contributed by atoms with van der Waals surface area (Å²) in [4.78, 5) is 10.5. The molecule has 1 aromatic heterocycles. The number of rotatable bonds is 0. The number of H-pyrrole nitrogens is 1. The lowest BCUT2D eigenvalue weighted by Gasteiger charge is -1.76. The number of aromatic nitrogens is 1. The Labute approximate surface area is 55.3 Å². The van der Waals surface area contributed by atoms with Crippen LogP contribution in [0.1, 0.15) is 5.69 Å². The lowest BCUT2D eigenvalue weighted by Crippen LogP contribution is -1.86. The van der Waals surface area contributed by atoms with Crippen molar-refractivity contribution < 1.29 is 0 Å². The Morgan fingerprint density at radius 1 is 1.75 bits per heavy atom. The molecule has 0 unspecified atom stereocenters. The molecule has 0 saturated carbocycles. The van der Waals surface area contributed by atoms with Crippen molar-refractivity contribution in [1.29, 1.82) is 0 Å². The summed E-state index contributed by atoms with van der Waals surface area (Å²) < 4.78 is 2.64. The number of nitrogens with one attached hydrogen (secondary N) is 1. The first-order chi connectivity index (χ1) is 3.72. The molecule has 0 fully saturated rings. The minimum Gasteiger partial charge on any atom is -0.311 e. The summed E-state index contributed by atoms with van der Waals surface area (Å²) in [5, 5.41) is 0.315. The maximum absolute atomic E-state index is 10.5. The average molecular weight is 150 g/mol. The molecule has 0 radical (unpaired) electrons. The molecule has 0 spiro atoms. The van der Waals surface area contributed by atoms with Gasteiger partial charge in [0, 0.05) is 5.69 Å². The fourth-order valence-electron chi connectivity index (χ4n) is 0.366. The van der Waals surface area contributed by atoms with Crippen molar-refractivity contribution in [2.45, 2.75) is 6.92 Å². The molecular weight excluding hydrogens is 146 g/mol. The van der Waals surface area contributed by atoms with Crippen LogP contribution in [-0.2, 0) is 0 Å². The summed E-state index contributed by atoms with van der Waals surface area (Å²) in [6.07, 6.45) is 0. The van der Waals surface area contributed by atoms with Gasteiger partial charge in [0.15, 0.2) is 0 Å². The largest absolute Gasteiger partial charge is 0.311 e. The molecule has 0 aliphatic rings. The second-order valence-corrected chi connectivity index (χ2v) is 2.59. The van der Waals surface area contributed by atoms with Crippen molar-refractivity contribution in [2.75, 3.05) is 0 Å². The normalized spacial score (nSPS) is 9.75. The first kappa shape index (κ1) is 5.85. The van der Waals surface area contributed by atoms with E-state index in [2.05, 4.69) is 4.37 Å². The van der Waals surface area contributed by atoms with Crippen LogP contribution in [0.15, 0.2) is 4.79 Å². The molecule has 0 saturated heterocycles. The van der Waals surface area contributed by atoms with Gasteiger partial charge in [-0.05, 0) is 18.5 Å². The van der Waals surface area contributed by atoms with E-state index in [1.165, 1.54) is 0 Å². The molecule has 1 aromatic rings. The summed E-state index contributed by atoms with van der Waals surface area (Å²) in [7, 11) is 0. The lowest BCUT2D eigenvalue weighted by molar-refractivity contribution is 1.34. The zero-order valence-corrected chi connectivity index (χ0v) is 5.77. The van der Waals surface area contributed by atoms with E-state index in [1.807, 2.05) is 0 Å². The van der Waals surface area contributed by atoms with Crippen LogP contribution in [0.3, 0.4) is 0 Å². The predicted octanol–water partition coefficient (Wildman–Crippen LogP) is 1.40. The minimum absolute atomic E-state index is 0.0934. The van der Waals surface area contributed by atoms with E-state index in [4.69, 9.17) is 11.6 Å². The van der Waals surface area contributed by atoms with Crippen LogP contribution in [0.4, 0.5) is 0 Å². The lowest BCUT2D eigenvalue weighted by atomic mass is 10.5. The second-order valence-electron chi connectivity index (χ2n) is 1.43. The fourth-order valence-corrected chi connectivity index (χ4v) is 1.18. The molecule has 44 valence electrons. The van der Waals surface area contributed by atoms with Crippen LogP contribution in [0.5, 0.6) is 0 Å². The molecule has 0 aliphatic carbocycles. The van der Waals surface area contributed by atoms with Gasteiger partial charge in [0.2, 0.25) is 0 Å². The van der Waals surface area contributed by atoms with Gasteiger partial charge < -0.3 is 4.37 Å². The maximum atomic E-state index is 10.5. The van der Waals surface area contributed by atoms with Gasteiger partial charge in [-0.3, -0.25) is 4.79 Å². The van der Waals surface area contributed by atoms with Crippen LogP contribution in [-0.4, -0.2) is 4.37 Å². The highest BCUT2D eigenvalue weighted by Gasteiger charge is 1.99. The van der Waals surface area contributed by atoms with Gasteiger partial charge in [-0.15, -0.1) is 0 Å². The number of halogens is 1. The van der Waals surface area contributed by atoms with E-state index in [9.17, 15) is 4.79 Å². The Morgan fingerprint density at radius 3 is 2.50 bits per heavy atom. The van der Waals surface area contributed by atoms with Gasteiger partial charge in [-0.25, -0.2) is 0 Å². The Bertz CT molecular complexity index is 238. The highest BCUT2D eigenvalue weighted by molar-refractivity contribution is 7.03. The number of hydrogen-bond acceptors (Lipinski definition) is 2. The third-order valence-electron chi connectivity index (χ3n) is 0.805. The van der Waals surface area contributed by atoms with E-state index >= 15 is 0 Å². The van der Waals surface area contributed by atoms with Crippen LogP contribution < -0.4 is 4.74 Å². The van der Waals surface area contributed by atoms with E-state index in [-0.39, 0.29) is 4.74 Å². The molecule has 4 heteroatoms. The third-order valence-corrected chi connectivity index (χ3v) is 2.17. The van der Waals surface area contributed by atoms with Gasteiger partial charge in [-0.1, -0.05) is 11.6 Å². The van der Waals surface area contributed by atoms with Crippen molar-refractivity contribution in [3.8, 4) is 0 Å². The zero-order chi connectivity index (χ0) is 6.15. The maximum Gasteiger partial charge on any atom is 0.268 e. The molecule has 1 rings (SSSR count). The summed E-state index contributed by atoms with van der Waals surface area (Å²) in [5.74, 6) is 0. The van der Waals surface area contributed by atoms with E-state index in [0.717, 1.165) is 17.2 Å². The molecule has 0 aliphatic heterocycles. The summed E-state index contributed by atoms with van der Waals surface area (Å²) >= 11 is 6.48. The molecule has 0 amide bonds. The predicted molar refractivity (Wildman–Crippen MR) is 34.7 cm³/mol. The van der Waals surface area contributed by atoms with E-state index in [1.54, 1.807) is 6.92 Å². The molecule has 0 bridgehead atoms. The third kappa shape index (κ3) is 0.788. The monoisotopic (exact) mass is 149 g/mol. The molecule has 0 atom stereocenters. The summed E-state index contributed by atoms with van der Waals surface area (Å²) in [6, 6.07) is 0. The second kappa shape index (κ2) is 1.91. The SMILES string of the molecule is Cc1[nH]sc(=O)c1Cl. The molecule has 1 N–H and O–H groups in total. The molecule has 2 nitrogen and oxygen atoms in total. The summed E-state index contributed by atoms with van der Waals surface area (Å²) in [5.41, 5.74) is 0.752. The van der Waals surface area contributed by atoms with Crippen molar-refractivity contribution >= 4 is 23.1 Å². The highest BCUT2D eigenvalue weighted by Crippen LogP contribution is 2.07. The molecule has 8 heavy (non-hydrogen) atoms. The standard InChI is InChI=1S/C4H4ClNOS/c1-2-3(5)4(7)8-6-2/h6H,1H3. The highest BCUT2D eigenvalue weighted by atomic mass is 35.5. The molecule has 1 heterocycles. The van der Waals surface area contributed by atoms with Crippen molar-refractivity contribution in [1.82, 2.24) is 4.37 Å². The van der Waals surface area contributed by atoms with Crippen molar-refractivity contribution in [3.05, 3.63) is 20.3 Å². The van der Waals surface area contributed by atoms with Crippen LogP contribution in [0.2, 0.25) is 5.02 Å². The average Bonchev–Trinajstić information content (AvgIpc) is 1.98. The Hall–Kier alpha value is -0.280. The van der Waals surface area contributed by atoms with E-state index in [0.29, 0.717) is 5.02 Å². The Kier molecular flexibility index (Phi) is 1.40. The van der Waals surface area contributed by atoms with Gasteiger partial charge in [0.25, 0.3) is 4.74 Å². The smallest absolute Gasteiger partial charge is 0.268 e. The number of hydrogen-bond donors (Lipinski definition) is 1. The van der Waals surface area contributed by atoms with Gasteiger partial charge in [0.1, 0.15) is 5.02 Å². The Morgan fingerprint density at radius 2 is 2.38 bits per heavy atom. The fraction of sp³-hybridized carbons (Fsp3) is 0.250. The number of aryl methyl sites for hydroxylation is 1. The van der Waals surface area contributed by atoms with Crippen LogP contribution in [0, 0.1) is 6.92 Å². The quantitative estimate of drug-likeness (QED) is 0.594. The first-order valence-corrected chi connectivity index (χ1v) is 3.25. The Balaban J connectivity index is 3.41. The van der Waals surface area contributed by atoms with Gasteiger partial charge in [0.05, 0.1) is 0 Å². The zero-order valence-electron chi connectivity index (χ0n) is 4.19. The topological polar surface area (TPSA) is 32.9 Å². The summed E-state index contributed by atoms with van der Waals surface area (Å²) in [6.45, 7) is 1.76. The molecular formula is C4H4ClNOS. The van der Waals surface area contributed by atoms with Crippen molar-refractivity contribution in [3.63, 3.8) is 0 Å². The van der Waals surface area contributed by atoms with E-state index < -0.39 is 0 Å². The van der Waals surface area contributed by atoms with Gasteiger partial charge in [-0.2, -0.15) is 0 Å². The van der Waals surface area contributed by atoms with Crippen LogP contribution in [0.25, 0.3) is 0 Å². The molecule has 0 aromatic carbocycles. The van der Waals surface area contributed by atoms with Gasteiger partial charge >= 0.3 is 0 Å². The first-order valence-electron chi connectivity index (χ1n) is 2.05.